The van der Waals surface area contributed by atoms with Crippen LogP contribution >= 0.6 is 0 Å². The van der Waals surface area contributed by atoms with Crippen molar-refractivity contribution < 1.29 is 9.90 Å². The number of benzene rings is 6. The third-order valence-electron chi connectivity index (χ3n) is 10.1. The second-order valence-electron chi connectivity index (χ2n) is 15.0. The number of hydrogen-bond acceptors (Lipinski definition) is 7. The molecular weight excluding hydrogens is 731 g/mol. The summed E-state index contributed by atoms with van der Waals surface area (Å²) in [4.78, 5) is 27.9. The van der Waals surface area contributed by atoms with Gasteiger partial charge < -0.3 is 34.5 Å². The van der Waals surface area contributed by atoms with Crippen LogP contribution in [0.3, 0.4) is 0 Å². The SMILES string of the molecule is [C-]#[N+]C(=CC=C(c1ccc(N(c2ccc(N(C)C)cc2)c2ccc(N(C)C)cc2)cc1)c1ccc(N(c2ccc(N(C)C)cc2)c2ccc(N(C)C)cc2)cc1)C(=O)O. The van der Waals surface area contributed by atoms with Gasteiger partial charge in [0.25, 0.3) is 5.70 Å². The third kappa shape index (κ3) is 9.58. The first kappa shape index (κ1) is 41.2. The van der Waals surface area contributed by atoms with Gasteiger partial charge in [0.2, 0.25) is 0 Å². The van der Waals surface area contributed by atoms with Crippen LogP contribution in [-0.2, 0) is 4.79 Å². The van der Waals surface area contributed by atoms with Crippen LogP contribution < -0.4 is 29.4 Å². The lowest BCUT2D eigenvalue weighted by Crippen LogP contribution is -2.13. The summed E-state index contributed by atoms with van der Waals surface area (Å²) in [5, 5.41) is 9.71. The number of rotatable bonds is 14. The highest BCUT2D eigenvalue weighted by molar-refractivity contribution is 5.91. The lowest BCUT2D eigenvalue weighted by atomic mass is 9.96. The van der Waals surface area contributed by atoms with Crippen LogP contribution in [0.15, 0.2) is 163 Å². The lowest BCUT2D eigenvalue weighted by molar-refractivity contribution is -0.132. The first-order valence-electron chi connectivity index (χ1n) is 19.3. The molecule has 9 heteroatoms. The van der Waals surface area contributed by atoms with Gasteiger partial charge in [-0.25, -0.2) is 4.85 Å². The topological polar surface area (TPSA) is 61.1 Å². The first-order valence-corrected chi connectivity index (χ1v) is 19.3. The maximum absolute atomic E-state index is 11.9. The van der Waals surface area contributed by atoms with Gasteiger partial charge in [-0.2, -0.15) is 0 Å². The zero-order valence-electron chi connectivity index (χ0n) is 35.0. The highest BCUT2D eigenvalue weighted by atomic mass is 16.4. The predicted octanol–water partition coefficient (Wildman–Crippen LogP) is 11.2. The maximum Gasteiger partial charge on any atom is 0.333 e. The minimum absolute atomic E-state index is 0.363. The second-order valence-corrected chi connectivity index (χ2v) is 15.0. The van der Waals surface area contributed by atoms with Crippen LogP contribution in [0.25, 0.3) is 10.4 Å². The number of carboxylic acid groups (broad SMARTS) is 1. The normalized spacial score (nSPS) is 10.9. The third-order valence-corrected chi connectivity index (χ3v) is 10.1. The summed E-state index contributed by atoms with van der Waals surface area (Å²) < 4.78 is 0. The van der Waals surface area contributed by atoms with Crippen LogP contribution in [0.2, 0.25) is 0 Å². The molecule has 1 N–H and O–H groups in total. The molecule has 0 unspecified atom stereocenters. The number of allylic oxidation sites excluding steroid dienone is 2. The maximum atomic E-state index is 11.9. The van der Waals surface area contributed by atoms with Crippen LogP contribution in [-0.4, -0.2) is 67.5 Å². The highest BCUT2D eigenvalue weighted by Gasteiger charge is 2.17. The van der Waals surface area contributed by atoms with Crippen molar-refractivity contribution in [3.8, 4) is 0 Å². The predicted molar refractivity (Wildman–Crippen MR) is 249 cm³/mol. The zero-order chi connectivity index (χ0) is 42.2. The Morgan fingerprint density at radius 2 is 0.627 bits per heavy atom. The molecule has 0 fully saturated rings. The Kier molecular flexibility index (Phi) is 12.7. The number of carbonyl (C=O) groups is 1. The van der Waals surface area contributed by atoms with Crippen molar-refractivity contribution in [3.63, 3.8) is 0 Å². The monoisotopic (exact) mass is 781 g/mol. The van der Waals surface area contributed by atoms with Gasteiger partial charge in [-0.1, -0.05) is 30.3 Å². The Bertz CT molecular complexity index is 2190. The van der Waals surface area contributed by atoms with E-state index in [9.17, 15) is 9.90 Å². The van der Waals surface area contributed by atoms with Gasteiger partial charge in [0, 0.05) is 113 Å². The van der Waals surface area contributed by atoms with Crippen molar-refractivity contribution in [1.82, 2.24) is 0 Å². The van der Waals surface area contributed by atoms with Gasteiger partial charge in [0.05, 0.1) is 6.57 Å². The van der Waals surface area contributed by atoms with Crippen LogP contribution in [0.4, 0.5) is 56.9 Å². The molecule has 0 saturated carbocycles. The van der Waals surface area contributed by atoms with E-state index in [4.69, 9.17) is 6.57 Å². The van der Waals surface area contributed by atoms with Crippen LogP contribution in [0, 0.1) is 6.57 Å². The standard InChI is InChI=1S/C50H51N7O2/c1-51-49(50(58)59)35-34-48(36-10-14-42(15-11-36)56(44-26-18-38(19-27-44)52(2)3)45-28-20-39(21-29-45)53(4)5)37-12-16-43(17-13-37)57(46-30-22-40(23-31-46)54(6)7)47-32-24-41(25-33-47)55(8)9/h10-35H,2-9H3,(H,58,59). The fourth-order valence-corrected chi connectivity index (χ4v) is 6.75. The number of anilines is 10. The summed E-state index contributed by atoms with van der Waals surface area (Å²) in [6.07, 6.45) is 3.10. The fraction of sp³-hybridized carbons (Fsp3) is 0.160. The quantitative estimate of drug-likeness (QED) is 0.0666. The Balaban J connectivity index is 1.42. The molecule has 9 nitrogen and oxygen atoms in total. The van der Waals surface area contributed by atoms with Crippen LogP contribution in [0.1, 0.15) is 11.1 Å². The van der Waals surface area contributed by atoms with Crippen molar-refractivity contribution in [2.75, 3.05) is 85.8 Å². The molecule has 0 heterocycles. The largest absolute Gasteiger partial charge is 0.486 e. The molecular formula is C50H51N7O2. The summed E-state index contributed by atoms with van der Waals surface area (Å²) in [5.74, 6) is -1.27. The molecule has 0 amide bonds. The number of carboxylic acids is 1. The van der Waals surface area contributed by atoms with Gasteiger partial charge >= 0.3 is 5.97 Å². The van der Waals surface area contributed by atoms with Crippen molar-refractivity contribution in [3.05, 3.63) is 186 Å². The van der Waals surface area contributed by atoms with E-state index in [0.29, 0.717) is 0 Å². The van der Waals surface area contributed by atoms with Crippen molar-refractivity contribution in [1.29, 1.82) is 0 Å². The average Bonchev–Trinajstić information content (AvgIpc) is 3.24. The summed E-state index contributed by atoms with van der Waals surface area (Å²) in [6.45, 7) is 7.49. The van der Waals surface area contributed by atoms with E-state index in [-0.39, 0.29) is 5.70 Å². The Hall–Kier alpha value is -7.44. The van der Waals surface area contributed by atoms with E-state index in [1.165, 1.54) is 6.08 Å². The lowest BCUT2D eigenvalue weighted by Gasteiger charge is -2.27. The first-order chi connectivity index (χ1) is 28.3. The number of hydrogen-bond donors (Lipinski definition) is 1. The van der Waals surface area contributed by atoms with E-state index in [1.807, 2.05) is 80.6 Å². The van der Waals surface area contributed by atoms with Crippen LogP contribution in [0.5, 0.6) is 0 Å². The van der Waals surface area contributed by atoms with Gasteiger partial charge in [0.15, 0.2) is 0 Å². The minimum Gasteiger partial charge on any atom is -0.486 e. The van der Waals surface area contributed by atoms with Gasteiger partial charge in [-0.15, -0.1) is 0 Å². The minimum atomic E-state index is -1.27. The van der Waals surface area contributed by atoms with Gasteiger partial charge in [-0.05, 0) is 144 Å². The Morgan fingerprint density at radius 1 is 0.407 bits per heavy atom. The van der Waals surface area contributed by atoms with Crippen molar-refractivity contribution >= 4 is 68.4 Å². The molecule has 6 rings (SSSR count). The van der Waals surface area contributed by atoms with Gasteiger partial charge in [0.1, 0.15) is 0 Å². The van der Waals surface area contributed by atoms with E-state index in [2.05, 4.69) is 156 Å². The molecule has 0 aliphatic carbocycles. The summed E-state index contributed by atoms with van der Waals surface area (Å²) >= 11 is 0. The van der Waals surface area contributed by atoms with E-state index in [0.717, 1.165) is 73.6 Å². The second kappa shape index (κ2) is 18.2. The summed E-state index contributed by atoms with van der Waals surface area (Å²) in [5.41, 5.74) is 12.5. The van der Waals surface area contributed by atoms with E-state index in [1.54, 1.807) is 6.08 Å². The molecule has 0 bridgehead atoms. The number of aliphatic carboxylic acids is 1. The molecule has 0 aromatic heterocycles. The highest BCUT2D eigenvalue weighted by Crippen LogP contribution is 2.39. The molecule has 0 atom stereocenters. The molecule has 59 heavy (non-hydrogen) atoms. The molecule has 0 aliphatic rings. The Morgan fingerprint density at radius 3 is 0.831 bits per heavy atom. The van der Waals surface area contributed by atoms with E-state index < -0.39 is 5.97 Å². The molecule has 6 aromatic carbocycles. The molecule has 298 valence electrons. The summed E-state index contributed by atoms with van der Waals surface area (Å²) in [6, 6.07) is 50.3. The van der Waals surface area contributed by atoms with Crippen molar-refractivity contribution in [2.45, 2.75) is 0 Å². The summed E-state index contributed by atoms with van der Waals surface area (Å²) in [7, 11) is 16.2. The van der Waals surface area contributed by atoms with Gasteiger partial charge in [-0.3, -0.25) is 4.79 Å². The number of nitrogens with zero attached hydrogens (tertiary/aromatic N) is 7. The smallest absolute Gasteiger partial charge is 0.333 e. The molecule has 0 aliphatic heterocycles. The molecule has 0 radical (unpaired) electrons. The zero-order valence-corrected chi connectivity index (χ0v) is 35.0. The molecule has 6 aromatic rings. The Labute approximate surface area is 349 Å². The average molecular weight is 782 g/mol. The molecule has 0 saturated heterocycles. The fourth-order valence-electron chi connectivity index (χ4n) is 6.75. The molecule has 0 spiro atoms. The van der Waals surface area contributed by atoms with Crippen molar-refractivity contribution in [2.24, 2.45) is 0 Å². The van der Waals surface area contributed by atoms with E-state index >= 15 is 0 Å².